The Bertz CT molecular complexity index is 500. The van der Waals surface area contributed by atoms with Crippen LogP contribution in [0.15, 0.2) is 34.1 Å². The van der Waals surface area contributed by atoms with Gasteiger partial charge in [-0.15, -0.1) is 11.3 Å². The zero-order valence-corrected chi connectivity index (χ0v) is 10.6. The van der Waals surface area contributed by atoms with Gasteiger partial charge in [0.1, 0.15) is 18.2 Å². The Morgan fingerprint density at radius 3 is 2.75 bits per heavy atom. The summed E-state index contributed by atoms with van der Waals surface area (Å²) in [4.78, 5) is 1.07. The lowest BCUT2D eigenvalue weighted by Crippen LogP contribution is -1.95. The number of benzene rings is 1. The van der Waals surface area contributed by atoms with Gasteiger partial charge in [0.2, 0.25) is 0 Å². The van der Waals surface area contributed by atoms with Gasteiger partial charge in [0.05, 0.1) is 9.47 Å². The fourth-order valence-electron chi connectivity index (χ4n) is 1.18. The molecule has 0 bridgehead atoms. The van der Waals surface area contributed by atoms with Gasteiger partial charge in [0.25, 0.3) is 0 Å². The van der Waals surface area contributed by atoms with Crippen molar-refractivity contribution in [3.8, 4) is 5.75 Å². The Morgan fingerprint density at radius 2 is 2.12 bits per heavy atom. The second-order valence-corrected chi connectivity index (χ2v) is 5.73. The summed E-state index contributed by atoms with van der Waals surface area (Å²) >= 11 is 4.95. The number of nitrogens with two attached hydrogens (primary N) is 1. The van der Waals surface area contributed by atoms with Crippen molar-refractivity contribution >= 4 is 33.0 Å². The molecule has 84 valence electrons. The van der Waals surface area contributed by atoms with E-state index in [4.69, 9.17) is 10.5 Å². The summed E-state index contributed by atoms with van der Waals surface area (Å²) in [6.45, 7) is 0.430. The maximum Gasteiger partial charge on any atom is 0.149 e. The van der Waals surface area contributed by atoms with Crippen molar-refractivity contribution in [2.75, 3.05) is 5.73 Å². The number of anilines is 1. The lowest BCUT2D eigenvalue weighted by atomic mass is 10.3. The van der Waals surface area contributed by atoms with E-state index in [-0.39, 0.29) is 5.69 Å². The average molecular weight is 302 g/mol. The topological polar surface area (TPSA) is 35.2 Å². The molecule has 0 aliphatic carbocycles. The highest BCUT2D eigenvalue weighted by atomic mass is 79.9. The zero-order chi connectivity index (χ0) is 11.5. The van der Waals surface area contributed by atoms with Crippen molar-refractivity contribution in [2.24, 2.45) is 0 Å². The van der Waals surface area contributed by atoms with E-state index in [0.29, 0.717) is 12.4 Å². The van der Waals surface area contributed by atoms with Crippen LogP contribution in [-0.2, 0) is 6.61 Å². The van der Waals surface area contributed by atoms with Gasteiger partial charge < -0.3 is 10.5 Å². The molecule has 0 radical (unpaired) electrons. The van der Waals surface area contributed by atoms with Gasteiger partial charge in [0.15, 0.2) is 0 Å². The highest BCUT2D eigenvalue weighted by molar-refractivity contribution is 9.11. The molecule has 2 aromatic rings. The molecule has 1 aromatic heterocycles. The summed E-state index contributed by atoms with van der Waals surface area (Å²) in [6.07, 6.45) is 0. The molecule has 2 nitrogen and oxygen atoms in total. The van der Waals surface area contributed by atoms with Crippen molar-refractivity contribution in [2.45, 2.75) is 6.61 Å². The van der Waals surface area contributed by atoms with E-state index in [1.165, 1.54) is 12.1 Å². The van der Waals surface area contributed by atoms with E-state index < -0.39 is 5.82 Å². The van der Waals surface area contributed by atoms with Crippen molar-refractivity contribution in [3.63, 3.8) is 0 Å². The van der Waals surface area contributed by atoms with E-state index in [0.717, 1.165) is 8.66 Å². The molecule has 16 heavy (non-hydrogen) atoms. The highest BCUT2D eigenvalue weighted by Crippen LogP contribution is 2.24. The molecule has 0 atom stereocenters. The van der Waals surface area contributed by atoms with E-state index in [9.17, 15) is 4.39 Å². The van der Waals surface area contributed by atoms with Crippen molar-refractivity contribution in [3.05, 3.63) is 44.8 Å². The molecule has 0 unspecified atom stereocenters. The van der Waals surface area contributed by atoms with Crippen LogP contribution in [0.4, 0.5) is 10.1 Å². The standard InChI is InChI=1S/C11H9BrFNOS/c12-11-4-2-8(16-11)6-15-7-1-3-10(14)9(13)5-7/h1-5H,6,14H2. The molecule has 0 amide bonds. The Labute approximate surface area is 105 Å². The number of thiophene rings is 1. The quantitative estimate of drug-likeness (QED) is 0.875. The van der Waals surface area contributed by atoms with Crippen molar-refractivity contribution < 1.29 is 9.13 Å². The van der Waals surface area contributed by atoms with Gasteiger partial charge in [-0.3, -0.25) is 0 Å². The molecule has 0 saturated carbocycles. The Balaban J connectivity index is 2.02. The van der Waals surface area contributed by atoms with Gasteiger partial charge in [-0.25, -0.2) is 4.39 Å². The first-order valence-corrected chi connectivity index (χ1v) is 6.18. The first-order chi connectivity index (χ1) is 7.65. The maximum atomic E-state index is 13.1. The van der Waals surface area contributed by atoms with Crippen LogP contribution in [0.2, 0.25) is 0 Å². The van der Waals surface area contributed by atoms with Crippen LogP contribution in [0, 0.1) is 5.82 Å². The third-order valence-electron chi connectivity index (χ3n) is 1.98. The Kier molecular flexibility index (Phi) is 3.46. The van der Waals surface area contributed by atoms with Gasteiger partial charge >= 0.3 is 0 Å². The fraction of sp³-hybridized carbons (Fsp3) is 0.0909. The van der Waals surface area contributed by atoms with E-state index in [1.807, 2.05) is 12.1 Å². The molecule has 1 aromatic carbocycles. The largest absolute Gasteiger partial charge is 0.488 e. The molecular formula is C11H9BrFNOS. The minimum absolute atomic E-state index is 0.131. The summed E-state index contributed by atoms with van der Waals surface area (Å²) in [5.74, 6) is 0.0288. The lowest BCUT2D eigenvalue weighted by Gasteiger charge is -2.05. The summed E-state index contributed by atoms with van der Waals surface area (Å²) in [5.41, 5.74) is 5.50. The summed E-state index contributed by atoms with van der Waals surface area (Å²) in [5, 5.41) is 0. The molecule has 1 heterocycles. The summed E-state index contributed by atoms with van der Waals surface area (Å²) < 4.78 is 19.6. The monoisotopic (exact) mass is 301 g/mol. The maximum absolute atomic E-state index is 13.1. The molecule has 0 saturated heterocycles. The van der Waals surface area contributed by atoms with E-state index in [2.05, 4.69) is 15.9 Å². The third-order valence-corrected chi connectivity index (χ3v) is 3.58. The minimum atomic E-state index is -0.454. The predicted octanol–water partition coefficient (Wildman–Crippen LogP) is 3.81. The average Bonchev–Trinajstić information content (AvgIpc) is 2.66. The number of hydrogen-bond donors (Lipinski definition) is 1. The van der Waals surface area contributed by atoms with Crippen LogP contribution in [0.3, 0.4) is 0 Å². The van der Waals surface area contributed by atoms with Gasteiger partial charge in [0, 0.05) is 10.9 Å². The molecule has 0 aliphatic heterocycles. The molecule has 2 N–H and O–H groups in total. The van der Waals surface area contributed by atoms with E-state index in [1.54, 1.807) is 17.4 Å². The molecule has 0 fully saturated rings. The first-order valence-electron chi connectivity index (χ1n) is 4.57. The molecular weight excluding hydrogens is 293 g/mol. The smallest absolute Gasteiger partial charge is 0.149 e. The summed E-state index contributed by atoms with van der Waals surface area (Å²) in [6, 6.07) is 8.35. The first kappa shape index (κ1) is 11.4. The minimum Gasteiger partial charge on any atom is -0.488 e. The number of hydrogen-bond acceptors (Lipinski definition) is 3. The third kappa shape index (κ3) is 2.74. The van der Waals surface area contributed by atoms with Crippen LogP contribution in [-0.4, -0.2) is 0 Å². The lowest BCUT2D eigenvalue weighted by molar-refractivity contribution is 0.308. The number of nitrogen functional groups attached to an aromatic ring is 1. The van der Waals surface area contributed by atoms with Crippen molar-refractivity contribution in [1.29, 1.82) is 0 Å². The Morgan fingerprint density at radius 1 is 1.31 bits per heavy atom. The zero-order valence-electron chi connectivity index (χ0n) is 8.24. The fourth-order valence-corrected chi connectivity index (χ4v) is 2.58. The van der Waals surface area contributed by atoms with Crippen LogP contribution < -0.4 is 10.5 Å². The number of ether oxygens (including phenoxy) is 1. The van der Waals surface area contributed by atoms with Crippen LogP contribution in [0.25, 0.3) is 0 Å². The van der Waals surface area contributed by atoms with Crippen LogP contribution in [0.1, 0.15) is 4.88 Å². The van der Waals surface area contributed by atoms with Crippen LogP contribution >= 0.6 is 27.3 Å². The number of halogens is 2. The molecule has 5 heteroatoms. The summed E-state index contributed by atoms with van der Waals surface area (Å²) in [7, 11) is 0. The molecule has 0 spiro atoms. The molecule has 2 rings (SSSR count). The van der Waals surface area contributed by atoms with E-state index >= 15 is 0 Å². The molecule has 0 aliphatic rings. The van der Waals surface area contributed by atoms with Gasteiger partial charge in [-0.1, -0.05) is 0 Å². The second kappa shape index (κ2) is 4.84. The highest BCUT2D eigenvalue weighted by Gasteiger charge is 2.02. The van der Waals surface area contributed by atoms with Gasteiger partial charge in [-0.2, -0.15) is 0 Å². The SMILES string of the molecule is Nc1ccc(OCc2ccc(Br)s2)cc1F. The normalized spacial score (nSPS) is 10.4. The van der Waals surface area contributed by atoms with Crippen LogP contribution in [0.5, 0.6) is 5.75 Å². The van der Waals surface area contributed by atoms with Gasteiger partial charge in [-0.05, 0) is 40.2 Å². The number of rotatable bonds is 3. The predicted molar refractivity (Wildman–Crippen MR) is 67.2 cm³/mol. The Hall–Kier alpha value is -1.07. The second-order valence-electron chi connectivity index (χ2n) is 3.18. The van der Waals surface area contributed by atoms with Crippen molar-refractivity contribution in [1.82, 2.24) is 0 Å².